The Kier molecular flexibility index (Phi) is 4.18. The van der Waals surface area contributed by atoms with E-state index in [1.54, 1.807) is 7.11 Å². The van der Waals surface area contributed by atoms with Gasteiger partial charge in [0.05, 0.1) is 19.8 Å². The topological polar surface area (TPSA) is 31.0 Å². The predicted octanol–water partition coefficient (Wildman–Crippen LogP) is 2.56. The summed E-state index contributed by atoms with van der Waals surface area (Å²) in [5.41, 5.74) is 1.16. The first-order chi connectivity index (χ1) is 8.33. The van der Waals surface area contributed by atoms with E-state index >= 15 is 0 Å². The van der Waals surface area contributed by atoms with Gasteiger partial charge in [0, 0.05) is 6.61 Å². The zero-order valence-corrected chi connectivity index (χ0v) is 10.1. The van der Waals surface area contributed by atoms with E-state index < -0.39 is 0 Å². The minimum Gasteiger partial charge on any atom is -0.497 e. The number of benzene rings is 1. The summed E-state index contributed by atoms with van der Waals surface area (Å²) in [4.78, 5) is 0. The first-order valence-corrected chi connectivity index (χ1v) is 5.82. The highest BCUT2D eigenvalue weighted by molar-refractivity contribution is 5.26. The average molecular weight is 234 g/mol. The molecule has 1 saturated heterocycles. The first-order valence-electron chi connectivity index (χ1n) is 5.82. The van der Waals surface area contributed by atoms with Gasteiger partial charge in [-0.2, -0.15) is 0 Å². The predicted molar refractivity (Wildman–Crippen MR) is 66.1 cm³/mol. The maximum atomic E-state index is 5.58. The van der Waals surface area contributed by atoms with Gasteiger partial charge in [-0.15, -0.1) is 6.58 Å². The Balaban J connectivity index is 1.62. The fourth-order valence-corrected chi connectivity index (χ4v) is 1.71. The van der Waals surface area contributed by atoms with Gasteiger partial charge in [-0.05, 0) is 24.1 Å². The molecule has 1 fully saturated rings. The zero-order valence-electron chi connectivity index (χ0n) is 10.1. The third-order valence-electron chi connectivity index (χ3n) is 2.83. The molecule has 0 bridgehead atoms. The Hall–Kier alpha value is -1.32. The number of methoxy groups -OCH3 is 1. The Labute approximate surface area is 102 Å². The number of epoxide rings is 1. The van der Waals surface area contributed by atoms with Crippen molar-refractivity contribution in [3.05, 3.63) is 42.5 Å². The van der Waals surface area contributed by atoms with Gasteiger partial charge in [-0.1, -0.05) is 18.2 Å². The largest absolute Gasteiger partial charge is 0.497 e. The SMILES string of the molecule is C=C[C@H]1O[C@@H]1CCOCc1ccc(OC)cc1. The normalized spacial score (nSPS) is 22.2. The van der Waals surface area contributed by atoms with E-state index in [9.17, 15) is 0 Å². The van der Waals surface area contributed by atoms with Crippen molar-refractivity contribution in [3.63, 3.8) is 0 Å². The second-order valence-corrected chi connectivity index (χ2v) is 4.06. The molecule has 2 rings (SSSR count). The van der Waals surface area contributed by atoms with E-state index in [1.807, 2.05) is 30.3 Å². The molecule has 0 amide bonds. The van der Waals surface area contributed by atoms with Crippen molar-refractivity contribution in [2.75, 3.05) is 13.7 Å². The van der Waals surface area contributed by atoms with Gasteiger partial charge >= 0.3 is 0 Å². The van der Waals surface area contributed by atoms with Crippen molar-refractivity contribution in [2.45, 2.75) is 25.2 Å². The third kappa shape index (κ3) is 3.58. The van der Waals surface area contributed by atoms with E-state index in [1.165, 1.54) is 0 Å². The Morgan fingerprint density at radius 3 is 2.71 bits per heavy atom. The molecule has 0 saturated carbocycles. The second kappa shape index (κ2) is 5.84. The van der Waals surface area contributed by atoms with Crippen LogP contribution in [0.5, 0.6) is 5.75 Å². The van der Waals surface area contributed by atoms with Crippen LogP contribution in [0.25, 0.3) is 0 Å². The van der Waals surface area contributed by atoms with Gasteiger partial charge in [0.15, 0.2) is 0 Å². The first kappa shape index (κ1) is 12.1. The molecule has 1 aromatic rings. The number of ether oxygens (including phenoxy) is 3. The van der Waals surface area contributed by atoms with E-state index in [0.717, 1.165) is 24.3 Å². The molecule has 2 atom stereocenters. The standard InChI is InChI=1S/C14H18O3/c1-3-13-14(17-13)8-9-16-10-11-4-6-12(15-2)7-5-11/h3-7,13-14H,1,8-10H2,2H3/t13-,14-/m1/s1. The lowest BCUT2D eigenvalue weighted by molar-refractivity contribution is 0.113. The molecule has 3 heteroatoms. The maximum Gasteiger partial charge on any atom is 0.118 e. The van der Waals surface area contributed by atoms with Gasteiger partial charge in [-0.3, -0.25) is 0 Å². The molecule has 0 aliphatic carbocycles. The molecule has 1 aliphatic heterocycles. The van der Waals surface area contributed by atoms with Gasteiger partial charge in [0.2, 0.25) is 0 Å². The molecule has 0 spiro atoms. The monoisotopic (exact) mass is 234 g/mol. The minimum absolute atomic E-state index is 0.250. The van der Waals surface area contributed by atoms with Gasteiger partial charge in [-0.25, -0.2) is 0 Å². The molecule has 0 N–H and O–H groups in total. The minimum atomic E-state index is 0.250. The lowest BCUT2D eigenvalue weighted by Gasteiger charge is -2.04. The van der Waals surface area contributed by atoms with Gasteiger partial charge in [0.1, 0.15) is 11.9 Å². The van der Waals surface area contributed by atoms with Crippen LogP contribution in [-0.4, -0.2) is 25.9 Å². The Morgan fingerprint density at radius 2 is 2.12 bits per heavy atom. The van der Waals surface area contributed by atoms with Crippen molar-refractivity contribution in [1.82, 2.24) is 0 Å². The molecule has 92 valence electrons. The summed E-state index contributed by atoms with van der Waals surface area (Å²) in [5.74, 6) is 0.869. The van der Waals surface area contributed by atoms with Crippen LogP contribution >= 0.6 is 0 Å². The Bertz CT molecular complexity index is 358. The van der Waals surface area contributed by atoms with Crippen molar-refractivity contribution in [2.24, 2.45) is 0 Å². The summed E-state index contributed by atoms with van der Waals surface area (Å²) >= 11 is 0. The molecule has 3 nitrogen and oxygen atoms in total. The molecule has 0 aromatic heterocycles. The molecule has 1 aromatic carbocycles. The van der Waals surface area contributed by atoms with Crippen molar-refractivity contribution < 1.29 is 14.2 Å². The van der Waals surface area contributed by atoms with Crippen LogP contribution in [0.2, 0.25) is 0 Å². The molecule has 1 heterocycles. The van der Waals surface area contributed by atoms with E-state index in [-0.39, 0.29) is 6.10 Å². The van der Waals surface area contributed by atoms with Crippen molar-refractivity contribution >= 4 is 0 Å². The van der Waals surface area contributed by atoms with Crippen LogP contribution in [0.4, 0.5) is 0 Å². The van der Waals surface area contributed by atoms with Crippen LogP contribution in [0.15, 0.2) is 36.9 Å². The number of hydrogen-bond acceptors (Lipinski definition) is 3. The number of rotatable bonds is 7. The summed E-state index contributed by atoms with van der Waals surface area (Å²) in [6, 6.07) is 7.91. The van der Waals surface area contributed by atoms with Crippen LogP contribution < -0.4 is 4.74 Å². The highest BCUT2D eigenvalue weighted by Crippen LogP contribution is 2.25. The maximum absolute atomic E-state index is 5.58. The average Bonchev–Trinajstić information content (AvgIpc) is 3.14. The van der Waals surface area contributed by atoms with Crippen molar-refractivity contribution in [1.29, 1.82) is 0 Å². The fourth-order valence-electron chi connectivity index (χ4n) is 1.71. The van der Waals surface area contributed by atoms with E-state index in [0.29, 0.717) is 12.7 Å². The van der Waals surface area contributed by atoms with Crippen molar-refractivity contribution in [3.8, 4) is 5.75 Å². The summed E-state index contributed by atoms with van der Waals surface area (Å²) < 4.78 is 16.0. The number of hydrogen-bond donors (Lipinski definition) is 0. The summed E-state index contributed by atoms with van der Waals surface area (Å²) in [5, 5.41) is 0. The van der Waals surface area contributed by atoms with Crippen LogP contribution in [-0.2, 0) is 16.1 Å². The molecule has 0 radical (unpaired) electrons. The molecular weight excluding hydrogens is 216 g/mol. The van der Waals surface area contributed by atoms with Gasteiger partial charge in [0.25, 0.3) is 0 Å². The van der Waals surface area contributed by atoms with Gasteiger partial charge < -0.3 is 14.2 Å². The lowest BCUT2D eigenvalue weighted by atomic mass is 10.2. The Morgan fingerprint density at radius 1 is 1.35 bits per heavy atom. The molecule has 17 heavy (non-hydrogen) atoms. The summed E-state index contributed by atoms with van der Waals surface area (Å²) in [6.07, 6.45) is 3.35. The van der Waals surface area contributed by atoms with Crippen LogP contribution in [0, 0.1) is 0 Å². The summed E-state index contributed by atoms with van der Waals surface area (Å²) in [6.45, 7) is 5.05. The molecule has 0 unspecified atom stereocenters. The van der Waals surface area contributed by atoms with E-state index in [4.69, 9.17) is 14.2 Å². The quantitative estimate of drug-likeness (QED) is 0.413. The molecular formula is C14H18O3. The highest BCUT2D eigenvalue weighted by Gasteiger charge is 2.35. The summed E-state index contributed by atoms with van der Waals surface area (Å²) in [7, 11) is 1.66. The lowest BCUT2D eigenvalue weighted by Crippen LogP contribution is -2.00. The van der Waals surface area contributed by atoms with Crippen LogP contribution in [0.1, 0.15) is 12.0 Å². The third-order valence-corrected chi connectivity index (χ3v) is 2.83. The molecule has 1 aliphatic rings. The smallest absolute Gasteiger partial charge is 0.118 e. The van der Waals surface area contributed by atoms with Crippen LogP contribution in [0.3, 0.4) is 0 Å². The zero-order chi connectivity index (χ0) is 12.1. The fraction of sp³-hybridized carbons (Fsp3) is 0.429. The highest BCUT2D eigenvalue weighted by atomic mass is 16.6. The second-order valence-electron chi connectivity index (χ2n) is 4.06. The van der Waals surface area contributed by atoms with E-state index in [2.05, 4.69) is 6.58 Å².